The summed E-state index contributed by atoms with van der Waals surface area (Å²) in [5.74, 6) is -0.549. The van der Waals surface area contributed by atoms with Crippen LogP contribution >= 0.6 is 15.9 Å². The van der Waals surface area contributed by atoms with Gasteiger partial charge in [0.2, 0.25) is 0 Å². The predicted octanol–water partition coefficient (Wildman–Crippen LogP) is 2.09. The van der Waals surface area contributed by atoms with E-state index >= 15 is 0 Å². The van der Waals surface area contributed by atoms with Crippen molar-refractivity contribution in [3.63, 3.8) is 0 Å². The number of hydrogen-bond acceptors (Lipinski definition) is 5. The maximum Gasteiger partial charge on any atom is 0.356 e. The Morgan fingerprint density at radius 3 is 2.76 bits per heavy atom. The van der Waals surface area contributed by atoms with Crippen molar-refractivity contribution >= 4 is 27.6 Å². The van der Waals surface area contributed by atoms with E-state index in [0.717, 1.165) is 5.56 Å². The minimum Gasteiger partial charge on any atom is -0.507 e. The van der Waals surface area contributed by atoms with Crippen LogP contribution in [0.1, 0.15) is 12.5 Å². The number of benzene rings is 1. The summed E-state index contributed by atoms with van der Waals surface area (Å²) < 4.78 is 5.24. The van der Waals surface area contributed by atoms with Crippen molar-refractivity contribution in [1.82, 2.24) is 0 Å². The van der Waals surface area contributed by atoms with Gasteiger partial charge in [-0.1, -0.05) is 11.2 Å². The third-order valence-corrected chi connectivity index (χ3v) is 2.65. The zero-order chi connectivity index (χ0) is 12.8. The van der Waals surface area contributed by atoms with Crippen molar-refractivity contribution < 1.29 is 19.8 Å². The maximum atomic E-state index is 11.4. The highest BCUT2D eigenvalue weighted by molar-refractivity contribution is 9.10. The van der Waals surface area contributed by atoms with Gasteiger partial charge >= 0.3 is 5.97 Å². The molecule has 0 aliphatic heterocycles. The summed E-state index contributed by atoms with van der Waals surface area (Å²) in [4.78, 5) is 11.4. The zero-order valence-corrected chi connectivity index (χ0v) is 10.8. The lowest BCUT2D eigenvalue weighted by molar-refractivity contribution is -0.135. The molecule has 1 rings (SSSR count). The van der Waals surface area contributed by atoms with Crippen LogP contribution < -0.4 is 0 Å². The molecule has 1 aromatic rings. The molecule has 0 bridgehead atoms. The molecule has 0 radical (unpaired) electrons. The molecule has 6 heteroatoms. The van der Waals surface area contributed by atoms with Crippen LogP contribution in [0.2, 0.25) is 0 Å². The van der Waals surface area contributed by atoms with Crippen molar-refractivity contribution in [2.75, 3.05) is 6.61 Å². The third kappa shape index (κ3) is 3.74. The van der Waals surface area contributed by atoms with E-state index in [2.05, 4.69) is 21.1 Å². The van der Waals surface area contributed by atoms with Crippen molar-refractivity contribution in [2.45, 2.75) is 13.3 Å². The van der Waals surface area contributed by atoms with Crippen LogP contribution in [0.4, 0.5) is 0 Å². The van der Waals surface area contributed by atoms with Gasteiger partial charge < -0.3 is 15.1 Å². The number of esters is 1. The Hall–Kier alpha value is -1.56. The molecule has 0 heterocycles. The second-order valence-electron chi connectivity index (χ2n) is 3.23. The van der Waals surface area contributed by atoms with Gasteiger partial charge in [-0.2, -0.15) is 0 Å². The Kier molecular flexibility index (Phi) is 4.96. The minimum atomic E-state index is -0.654. The molecule has 0 aliphatic rings. The average molecular weight is 302 g/mol. The molecule has 0 spiro atoms. The first-order chi connectivity index (χ1) is 8.08. The highest BCUT2D eigenvalue weighted by atomic mass is 79.9. The summed E-state index contributed by atoms with van der Waals surface area (Å²) in [6.45, 7) is 1.89. The molecule has 5 nitrogen and oxygen atoms in total. The van der Waals surface area contributed by atoms with E-state index in [1.54, 1.807) is 19.1 Å². The zero-order valence-electron chi connectivity index (χ0n) is 9.18. The highest BCUT2D eigenvalue weighted by Gasteiger charge is 2.14. The summed E-state index contributed by atoms with van der Waals surface area (Å²) in [6.07, 6.45) is 0.133. The molecule has 0 saturated carbocycles. The van der Waals surface area contributed by atoms with Gasteiger partial charge in [0.05, 0.1) is 11.1 Å². The Bertz CT molecular complexity index is 445. The number of nitrogens with zero attached hydrogens (tertiary/aromatic N) is 1. The molecule has 0 amide bonds. The predicted molar refractivity (Wildman–Crippen MR) is 65.4 cm³/mol. The lowest BCUT2D eigenvalue weighted by Crippen LogP contribution is -2.20. The number of oxime groups is 1. The lowest BCUT2D eigenvalue weighted by Gasteiger charge is -2.05. The van der Waals surface area contributed by atoms with Crippen LogP contribution in [0.15, 0.2) is 27.8 Å². The number of halogens is 1. The van der Waals surface area contributed by atoms with Crippen molar-refractivity contribution in [1.29, 1.82) is 0 Å². The normalized spacial score (nSPS) is 11.3. The number of hydrogen-bond donors (Lipinski definition) is 2. The van der Waals surface area contributed by atoms with Crippen molar-refractivity contribution in [3.05, 3.63) is 28.2 Å². The minimum absolute atomic E-state index is 0.0792. The van der Waals surface area contributed by atoms with Gasteiger partial charge in [-0.3, -0.25) is 0 Å². The highest BCUT2D eigenvalue weighted by Crippen LogP contribution is 2.24. The first-order valence-corrected chi connectivity index (χ1v) is 5.73. The summed E-state index contributed by atoms with van der Waals surface area (Å²) in [6, 6.07) is 4.75. The van der Waals surface area contributed by atoms with Gasteiger partial charge in [-0.05, 0) is 40.5 Å². The van der Waals surface area contributed by atoms with Crippen LogP contribution in [0, 0.1) is 0 Å². The monoisotopic (exact) mass is 301 g/mol. The van der Waals surface area contributed by atoms with Crippen LogP contribution in [-0.4, -0.2) is 28.6 Å². The van der Waals surface area contributed by atoms with E-state index in [9.17, 15) is 9.90 Å². The maximum absolute atomic E-state index is 11.4. The van der Waals surface area contributed by atoms with Crippen LogP contribution in [0.25, 0.3) is 0 Å². The fourth-order valence-electron chi connectivity index (χ4n) is 1.22. The summed E-state index contributed by atoms with van der Waals surface area (Å²) >= 11 is 3.16. The van der Waals surface area contributed by atoms with Gasteiger partial charge in [0.25, 0.3) is 0 Å². The number of rotatable bonds is 4. The molecular weight excluding hydrogens is 290 g/mol. The molecule has 92 valence electrons. The number of aromatic hydroxyl groups is 1. The molecule has 0 fully saturated rings. The van der Waals surface area contributed by atoms with E-state index < -0.39 is 5.97 Å². The largest absolute Gasteiger partial charge is 0.507 e. The fraction of sp³-hybridized carbons (Fsp3) is 0.273. The van der Waals surface area contributed by atoms with Gasteiger partial charge in [0.1, 0.15) is 5.75 Å². The Balaban J connectivity index is 2.81. The van der Waals surface area contributed by atoms with Gasteiger partial charge in [-0.15, -0.1) is 0 Å². The Morgan fingerprint density at radius 1 is 1.53 bits per heavy atom. The molecule has 1 aromatic carbocycles. The van der Waals surface area contributed by atoms with E-state index in [0.29, 0.717) is 4.47 Å². The standard InChI is InChI=1S/C11H12BrNO4/c1-2-17-11(15)9(13-16)6-7-3-4-10(14)8(12)5-7/h3-5,14,16H,2,6H2,1H3/b13-9-. The van der Waals surface area contributed by atoms with Crippen molar-refractivity contribution in [2.24, 2.45) is 5.16 Å². The van der Waals surface area contributed by atoms with Gasteiger partial charge in [-0.25, -0.2) is 4.79 Å². The van der Waals surface area contributed by atoms with Crippen LogP contribution in [0.3, 0.4) is 0 Å². The molecule has 0 atom stereocenters. The fourth-order valence-corrected chi connectivity index (χ4v) is 1.64. The van der Waals surface area contributed by atoms with E-state index in [-0.39, 0.29) is 24.5 Å². The van der Waals surface area contributed by atoms with Crippen molar-refractivity contribution in [3.8, 4) is 5.75 Å². The van der Waals surface area contributed by atoms with E-state index in [1.807, 2.05) is 0 Å². The van der Waals surface area contributed by atoms with E-state index in [1.165, 1.54) is 6.07 Å². The number of carbonyl (C=O) groups is 1. The second kappa shape index (κ2) is 6.24. The summed E-state index contributed by atoms with van der Waals surface area (Å²) in [5.41, 5.74) is 0.639. The van der Waals surface area contributed by atoms with Crippen LogP contribution in [-0.2, 0) is 16.0 Å². The van der Waals surface area contributed by atoms with Crippen LogP contribution in [0.5, 0.6) is 5.75 Å². The number of carbonyl (C=O) groups excluding carboxylic acids is 1. The van der Waals surface area contributed by atoms with Gasteiger partial charge in [0, 0.05) is 6.42 Å². The first-order valence-electron chi connectivity index (χ1n) is 4.94. The Morgan fingerprint density at radius 2 is 2.24 bits per heavy atom. The topological polar surface area (TPSA) is 79.1 Å². The number of phenolic OH excluding ortho intramolecular Hbond substituents is 1. The molecule has 0 unspecified atom stereocenters. The molecule has 0 saturated heterocycles. The average Bonchev–Trinajstić information content (AvgIpc) is 2.30. The first kappa shape index (κ1) is 13.5. The summed E-state index contributed by atoms with van der Waals surface area (Å²) in [7, 11) is 0. The quantitative estimate of drug-likeness (QED) is 0.386. The molecular formula is C11H12BrNO4. The second-order valence-corrected chi connectivity index (χ2v) is 4.08. The molecule has 0 aliphatic carbocycles. The molecule has 2 N–H and O–H groups in total. The SMILES string of the molecule is CCOC(=O)/C(Cc1ccc(O)c(Br)c1)=N\O. The Labute approximate surface area is 107 Å². The third-order valence-electron chi connectivity index (χ3n) is 2.02. The summed E-state index contributed by atoms with van der Waals surface area (Å²) in [5, 5.41) is 21.0. The molecule has 17 heavy (non-hydrogen) atoms. The number of phenols is 1. The van der Waals surface area contributed by atoms with Gasteiger partial charge in [0.15, 0.2) is 5.71 Å². The van der Waals surface area contributed by atoms with E-state index in [4.69, 9.17) is 9.94 Å². The molecule has 0 aromatic heterocycles. The lowest BCUT2D eigenvalue weighted by atomic mass is 10.1. The smallest absolute Gasteiger partial charge is 0.356 e. The number of ether oxygens (including phenoxy) is 1.